The first-order valence-electron chi connectivity index (χ1n) is 9.96. The summed E-state index contributed by atoms with van der Waals surface area (Å²) in [5, 5.41) is 3.17. The number of likely N-dealkylation sites (tertiary alicyclic amines) is 1. The lowest BCUT2D eigenvalue weighted by molar-refractivity contribution is -0.187. The molecule has 146 valence electrons. The number of amides is 2. The maximum atomic E-state index is 12.6. The van der Waals surface area contributed by atoms with Gasteiger partial charge in [0, 0.05) is 18.2 Å². The molecule has 1 atom stereocenters. The number of carbonyl (C=O) groups excluding carboxylic acids is 2. The lowest BCUT2D eigenvalue weighted by atomic mass is 9.89. The molecule has 1 aliphatic carbocycles. The molecule has 2 amide bonds. The molecule has 0 unspecified atom stereocenters. The van der Waals surface area contributed by atoms with Crippen molar-refractivity contribution >= 4 is 11.8 Å². The van der Waals surface area contributed by atoms with Gasteiger partial charge in [0.15, 0.2) is 0 Å². The predicted octanol–water partition coefficient (Wildman–Crippen LogP) is 1.58. The second kappa shape index (κ2) is 7.24. The number of morpholine rings is 1. The fourth-order valence-electron chi connectivity index (χ4n) is 4.58. The topological polar surface area (TPSA) is 61.9 Å². The quantitative estimate of drug-likeness (QED) is 0.876. The Kier molecular flexibility index (Phi) is 4.95. The highest BCUT2D eigenvalue weighted by Crippen LogP contribution is 2.32. The number of nitrogens with zero attached hydrogens (tertiary/aromatic N) is 2. The van der Waals surface area contributed by atoms with E-state index in [0.29, 0.717) is 32.3 Å². The largest absolute Gasteiger partial charge is 0.368 e. The van der Waals surface area contributed by atoms with Crippen molar-refractivity contribution in [1.82, 2.24) is 15.1 Å². The Morgan fingerprint density at radius 2 is 1.93 bits per heavy atom. The summed E-state index contributed by atoms with van der Waals surface area (Å²) < 4.78 is 6.11. The van der Waals surface area contributed by atoms with Crippen LogP contribution in [0.4, 0.5) is 0 Å². The molecule has 6 heteroatoms. The van der Waals surface area contributed by atoms with Crippen LogP contribution in [0.5, 0.6) is 0 Å². The Morgan fingerprint density at radius 1 is 1.19 bits per heavy atom. The average molecular weight is 371 g/mol. The number of carbonyl (C=O) groups is 2. The maximum absolute atomic E-state index is 12.6. The normalized spacial score (nSPS) is 25.4. The number of likely N-dealkylation sites (N-methyl/N-ethyl adjacent to an activating group) is 1. The van der Waals surface area contributed by atoms with Gasteiger partial charge in [0.1, 0.15) is 11.6 Å². The minimum Gasteiger partial charge on any atom is -0.368 e. The van der Waals surface area contributed by atoms with Gasteiger partial charge in [0.05, 0.1) is 19.7 Å². The van der Waals surface area contributed by atoms with E-state index in [4.69, 9.17) is 4.74 Å². The van der Waals surface area contributed by atoms with Crippen molar-refractivity contribution in [1.29, 1.82) is 0 Å². The van der Waals surface area contributed by atoms with Gasteiger partial charge in [-0.3, -0.25) is 14.5 Å². The molecule has 2 saturated heterocycles. The zero-order valence-electron chi connectivity index (χ0n) is 16.2. The summed E-state index contributed by atoms with van der Waals surface area (Å²) in [6.45, 7) is 4.22. The molecule has 27 heavy (non-hydrogen) atoms. The third-order valence-corrected chi connectivity index (χ3v) is 6.13. The van der Waals surface area contributed by atoms with Crippen molar-refractivity contribution in [3.8, 4) is 0 Å². The van der Waals surface area contributed by atoms with Crippen LogP contribution in [-0.4, -0.2) is 72.6 Å². The molecule has 1 spiro atoms. The van der Waals surface area contributed by atoms with Gasteiger partial charge in [-0.25, -0.2) is 0 Å². The number of nitrogens with one attached hydrogen (secondary N) is 1. The first kappa shape index (κ1) is 18.4. The third kappa shape index (κ3) is 3.73. The molecule has 1 aromatic rings. The van der Waals surface area contributed by atoms with Crippen molar-refractivity contribution in [2.75, 3.05) is 33.3 Å². The average Bonchev–Trinajstić information content (AvgIpc) is 3.11. The second-order valence-corrected chi connectivity index (χ2v) is 8.45. The number of aryl methyl sites for hydroxylation is 1. The first-order chi connectivity index (χ1) is 13.0. The minimum atomic E-state index is -0.335. The third-order valence-electron chi connectivity index (χ3n) is 6.13. The summed E-state index contributed by atoms with van der Waals surface area (Å²) in [7, 11) is 1.98. The molecule has 0 radical (unpaired) electrons. The smallest absolute Gasteiger partial charge is 0.254 e. The first-order valence-corrected chi connectivity index (χ1v) is 9.96. The molecule has 0 aromatic heterocycles. The van der Waals surface area contributed by atoms with E-state index in [9.17, 15) is 9.59 Å². The van der Waals surface area contributed by atoms with Gasteiger partial charge in [-0.2, -0.15) is 0 Å². The highest BCUT2D eigenvalue weighted by molar-refractivity contribution is 5.95. The molecule has 2 heterocycles. The van der Waals surface area contributed by atoms with E-state index < -0.39 is 0 Å². The molecule has 1 saturated carbocycles. The number of hydrogen-bond acceptors (Lipinski definition) is 4. The Bertz CT molecular complexity index is 723. The van der Waals surface area contributed by atoms with Gasteiger partial charge in [-0.15, -0.1) is 0 Å². The highest BCUT2D eigenvalue weighted by atomic mass is 16.5. The Balaban J connectivity index is 1.31. The fraction of sp³-hybridized carbons (Fsp3) is 0.619. The predicted molar refractivity (Wildman–Crippen MR) is 103 cm³/mol. The number of hydrogen-bond donors (Lipinski definition) is 1. The van der Waals surface area contributed by atoms with E-state index in [1.165, 1.54) is 12.8 Å². The second-order valence-electron chi connectivity index (χ2n) is 8.45. The molecule has 3 fully saturated rings. The molecule has 2 aliphatic heterocycles. The highest BCUT2D eigenvalue weighted by Gasteiger charge is 2.51. The summed E-state index contributed by atoms with van der Waals surface area (Å²) in [6.07, 6.45) is 4.58. The standard InChI is InChI=1S/C21H29N3O3/c1-15-6-5-7-16(10-15)20(26)24-13-21(14-24)12-23(2)18(11-27-21)19(25)22-17-8-3-4-9-17/h5-7,10,17-18H,3-4,8-9,11-14H2,1-2H3,(H,22,25)/t18-/m0/s1. The van der Waals surface area contributed by atoms with E-state index in [0.717, 1.165) is 24.0 Å². The van der Waals surface area contributed by atoms with E-state index in [-0.39, 0.29) is 23.5 Å². The Hall–Kier alpha value is -1.92. The fourth-order valence-corrected chi connectivity index (χ4v) is 4.58. The number of rotatable bonds is 3. The Labute approximate surface area is 160 Å². The monoisotopic (exact) mass is 371 g/mol. The summed E-state index contributed by atoms with van der Waals surface area (Å²) >= 11 is 0. The van der Waals surface area contributed by atoms with Crippen LogP contribution in [0.2, 0.25) is 0 Å². The summed E-state index contributed by atoms with van der Waals surface area (Å²) in [6, 6.07) is 7.77. The van der Waals surface area contributed by atoms with Crippen LogP contribution in [0.15, 0.2) is 24.3 Å². The number of benzene rings is 1. The van der Waals surface area contributed by atoms with Gasteiger partial charge < -0.3 is 15.0 Å². The van der Waals surface area contributed by atoms with Crippen LogP contribution in [-0.2, 0) is 9.53 Å². The molecule has 4 rings (SSSR count). The lowest BCUT2D eigenvalue weighted by Gasteiger charge is -2.54. The van der Waals surface area contributed by atoms with Gasteiger partial charge >= 0.3 is 0 Å². The van der Waals surface area contributed by atoms with Crippen molar-refractivity contribution < 1.29 is 14.3 Å². The van der Waals surface area contributed by atoms with E-state index in [1.54, 1.807) is 0 Å². The van der Waals surface area contributed by atoms with E-state index in [2.05, 4.69) is 10.2 Å². The summed E-state index contributed by atoms with van der Waals surface area (Å²) in [5.41, 5.74) is 1.47. The van der Waals surface area contributed by atoms with Crippen LogP contribution < -0.4 is 5.32 Å². The van der Waals surface area contributed by atoms with Crippen LogP contribution in [0.1, 0.15) is 41.6 Å². The maximum Gasteiger partial charge on any atom is 0.254 e. The molecule has 6 nitrogen and oxygen atoms in total. The zero-order chi connectivity index (χ0) is 19.0. The van der Waals surface area contributed by atoms with Crippen LogP contribution >= 0.6 is 0 Å². The minimum absolute atomic E-state index is 0.0525. The zero-order valence-corrected chi connectivity index (χ0v) is 16.2. The van der Waals surface area contributed by atoms with Gasteiger partial charge in [-0.05, 0) is 38.9 Å². The van der Waals surface area contributed by atoms with Crippen molar-refractivity contribution in [3.63, 3.8) is 0 Å². The van der Waals surface area contributed by atoms with Gasteiger partial charge in [0.25, 0.3) is 5.91 Å². The lowest BCUT2D eigenvalue weighted by Crippen LogP contribution is -2.73. The summed E-state index contributed by atoms with van der Waals surface area (Å²) in [4.78, 5) is 29.1. The molecular weight excluding hydrogens is 342 g/mol. The SMILES string of the molecule is Cc1cccc(C(=O)N2CC3(C2)CN(C)[C@H](C(=O)NC2CCCC2)CO3)c1. The van der Waals surface area contributed by atoms with E-state index in [1.807, 2.05) is 43.1 Å². The van der Waals surface area contributed by atoms with Crippen molar-refractivity contribution in [2.24, 2.45) is 0 Å². The van der Waals surface area contributed by atoms with Gasteiger partial charge in [-0.1, -0.05) is 30.5 Å². The summed E-state index contributed by atoms with van der Waals surface area (Å²) in [5.74, 6) is 0.128. The number of ether oxygens (including phenoxy) is 1. The molecule has 3 aliphatic rings. The van der Waals surface area contributed by atoms with Crippen molar-refractivity contribution in [3.05, 3.63) is 35.4 Å². The van der Waals surface area contributed by atoms with Crippen LogP contribution in [0.3, 0.4) is 0 Å². The van der Waals surface area contributed by atoms with Crippen LogP contribution in [0, 0.1) is 6.92 Å². The van der Waals surface area contributed by atoms with Gasteiger partial charge in [0.2, 0.25) is 5.91 Å². The molecule has 1 aromatic carbocycles. The molecule has 0 bridgehead atoms. The van der Waals surface area contributed by atoms with E-state index >= 15 is 0 Å². The molecule has 1 N–H and O–H groups in total. The van der Waals surface area contributed by atoms with Crippen molar-refractivity contribution in [2.45, 2.75) is 50.3 Å². The Morgan fingerprint density at radius 3 is 2.59 bits per heavy atom. The molecular formula is C21H29N3O3. The van der Waals surface area contributed by atoms with Crippen LogP contribution in [0.25, 0.3) is 0 Å².